The Morgan fingerprint density at radius 2 is 1.71 bits per heavy atom. The third-order valence-corrected chi connectivity index (χ3v) is 5.49. The van der Waals surface area contributed by atoms with Crippen LogP contribution in [0, 0.1) is 11.8 Å². The Hall–Kier alpha value is -2.88. The van der Waals surface area contributed by atoms with Crippen LogP contribution in [0.1, 0.15) is 30.6 Å². The summed E-state index contributed by atoms with van der Waals surface area (Å²) >= 11 is 0. The van der Waals surface area contributed by atoms with Crippen molar-refractivity contribution in [1.82, 2.24) is 9.88 Å². The van der Waals surface area contributed by atoms with Crippen molar-refractivity contribution in [3.63, 3.8) is 0 Å². The first-order chi connectivity index (χ1) is 13.5. The highest BCUT2D eigenvalue weighted by Crippen LogP contribution is 2.29. The zero-order chi connectivity index (χ0) is 19.7. The van der Waals surface area contributed by atoms with E-state index in [1.807, 2.05) is 59.5 Å². The largest absolute Gasteiger partial charge is 0.497 e. The van der Waals surface area contributed by atoms with Crippen molar-refractivity contribution in [1.29, 1.82) is 0 Å². The van der Waals surface area contributed by atoms with E-state index < -0.39 is 0 Å². The van der Waals surface area contributed by atoms with Crippen LogP contribution in [0.5, 0.6) is 5.75 Å². The lowest BCUT2D eigenvalue weighted by Crippen LogP contribution is -2.42. The Morgan fingerprint density at radius 1 is 1.04 bits per heavy atom. The number of para-hydroxylation sites is 1. The lowest BCUT2D eigenvalue weighted by Gasteiger charge is -2.35. The van der Waals surface area contributed by atoms with E-state index in [1.165, 1.54) is 6.42 Å². The Balaban J connectivity index is 1.79. The number of piperidine rings is 1. The van der Waals surface area contributed by atoms with Gasteiger partial charge in [-0.15, -0.1) is 0 Å². The number of aromatic nitrogens is 1. The second-order valence-corrected chi connectivity index (χ2v) is 7.96. The van der Waals surface area contributed by atoms with E-state index in [9.17, 15) is 4.79 Å². The Kier molecular flexibility index (Phi) is 5.03. The van der Waals surface area contributed by atoms with Gasteiger partial charge in [-0.05, 0) is 54.7 Å². The van der Waals surface area contributed by atoms with Gasteiger partial charge in [0.25, 0.3) is 5.91 Å². The average Bonchev–Trinajstić information content (AvgIpc) is 2.71. The number of methoxy groups -OCH3 is 1. The molecule has 4 heteroatoms. The summed E-state index contributed by atoms with van der Waals surface area (Å²) in [5.41, 5.74) is 3.36. The molecule has 1 saturated heterocycles. The predicted molar refractivity (Wildman–Crippen MR) is 113 cm³/mol. The van der Waals surface area contributed by atoms with Gasteiger partial charge in [-0.2, -0.15) is 0 Å². The van der Waals surface area contributed by atoms with E-state index in [1.54, 1.807) is 7.11 Å². The van der Waals surface area contributed by atoms with E-state index in [4.69, 9.17) is 9.72 Å². The SMILES string of the molecule is COc1ccc(-c2cc(C(=O)N3C[C@@H](C)C[C@H](C)C3)c3ccccc3n2)cc1. The number of rotatable bonds is 3. The Labute approximate surface area is 166 Å². The van der Waals surface area contributed by atoms with Crippen LogP contribution >= 0.6 is 0 Å². The van der Waals surface area contributed by atoms with Gasteiger partial charge in [0.2, 0.25) is 0 Å². The lowest BCUT2D eigenvalue weighted by atomic mass is 9.91. The zero-order valence-electron chi connectivity index (χ0n) is 16.7. The van der Waals surface area contributed by atoms with Gasteiger partial charge < -0.3 is 9.64 Å². The number of amides is 1. The van der Waals surface area contributed by atoms with Crippen LogP contribution in [-0.2, 0) is 0 Å². The monoisotopic (exact) mass is 374 g/mol. The molecule has 4 rings (SSSR count). The van der Waals surface area contributed by atoms with Gasteiger partial charge in [0.05, 0.1) is 23.9 Å². The lowest BCUT2D eigenvalue weighted by molar-refractivity contribution is 0.0625. The molecular formula is C24H26N2O2. The summed E-state index contributed by atoms with van der Waals surface area (Å²) < 4.78 is 5.26. The number of likely N-dealkylation sites (tertiary alicyclic amines) is 1. The molecule has 28 heavy (non-hydrogen) atoms. The average molecular weight is 374 g/mol. The number of benzene rings is 2. The minimum atomic E-state index is 0.103. The summed E-state index contributed by atoms with van der Waals surface area (Å²) in [6.07, 6.45) is 1.18. The Morgan fingerprint density at radius 3 is 2.39 bits per heavy atom. The van der Waals surface area contributed by atoms with Crippen LogP contribution in [-0.4, -0.2) is 36.0 Å². The van der Waals surface area contributed by atoms with Crippen molar-refractivity contribution in [3.05, 3.63) is 60.2 Å². The molecule has 1 aromatic heterocycles. The van der Waals surface area contributed by atoms with E-state index in [0.29, 0.717) is 11.8 Å². The summed E-state index contributed by atoms with van der Waals surface area (Å²) in [7, 11) is 1.65. The molecular weight excluding hydrogens is 348 g/mol. The van der Waals surface area contributed by atoms with Crippen molar-refractivity contribution in [2.75, 3.05) is 20.2 Å². The molecule has 2 aromatic carbocycles. The molecule has 0 bridgehead atoms. The van der Waals surface area contributed by atoms with Crippen molar-refractivity contribution >= 4 is 16.8 Å². The quantitative estimate of drug-likeness (QED) is 0.646. The normalized spacial score (nSPS) is 19.6. The summed E-state index contributed by atoms with van der Waals surface area (Å²) in [4.78, 5) is 20.3. The van der Waals surface area contributed by atoms with Crippen molar-refractivity contribution in [2.45, 2.75) is 20.3 Å². The van der Waals surface area contributed by atoms with E-state index in [-0.39, 0.29) is 5.91 Å². The van der Waals surface area contributed by atoms with Gasteiger partial charge in [0.15, 0.2) is 0 Å². The molecule has 0 unspecified atom stereocenters. The van der Waals surface area contributed by atoms with E-state index in [0.717, 1.165) is 46.6 Å². The van der Waals surface area contributed by atoms with Crippen LogP contribution in [0.3, 0.4) is 0 Å². The molecule has 144 valence electrons. The van der Waals surface area contributed by atoms with Crippen molar-refractivity contribution in [2.24, 2.45) is 11.8 Å². The molecule has 1 aliphatic rings. The molecule has 1 fully saturated rings. The van der Waals surface area contributed by atoms with Crippen LogP contribution in [0.4, 0.5) is 0 Å². The molecule has 0 aliphatic carbocycles. The maximum atomic E-state index is 13.5. The van der Waals surface area contributed by atoms with Crippen molar-refractivity contribution < 1.29 is 9.53 Å². The van der Waals surface area contributed by atoms with Crippen LogP contribution in [0.2, 0.25) is 0 Å². The number of carbonyl (C=O) groups excluding carboxylic acids is 1. The molecule has 0 radical (unpaired) electrons. The molecule has 0 N–H and O–H groups in total. The minimum absolute atomic E-state index is 0.103. The molecule has 0 spiro atoms. The fourth-order valence-electron chi connectivity index (χ4n) is 4.26. The topological polar surface area (TPSA) is 42.4 Å². The van der Waals surface area contributed by atoms with Crippen LogP contribution in [0.25, 0.3) is 22.2 Å². The molecule has 3 aromatic rings. The second kappa shape index (κ2) is 7.63. The highest BCUT2D eigenvalue weighted by atomic mass is 16.5. The van der Waals surface area contributed by atoms with Gasteiger partial charge in [-0.1, -0.05) is 32.0 Å². The molecule has 2 heterocycles. The molecule has 1 aliphatic heterocycles. The predicted octanol–water partition coefficient (Wildman–Crippen LogP) is 5.03. The van der Waals surface area contributed by atoms with E-state index >= 15 is 0 Å². The molecule has 0 saturated carbocycles. The van der Waals surface area contributed by atoms with E-state index in [2.05, 4.69) is 13.8 Å². The third-order valence-electron chi connectivity index (χ3n) is 5.49. The van der Waals surface area contributed by atoms with Crippen molar-refractivity contribution in [3.8, 4) is 17.0 Å². The summed E-state index contributed by atoms with van der Waals surface area (Å²) in [5.74, 6) is 1.97. The molecule has 1 amide bonds. The second-order valence-electron chi connectivity index (χ2n) is 7.96. The first-order valence-electron chi connectivity index (χ1n) is 9.88. The summed E-state index contributed by atoms with van der Waals surface area (Å²) in [5, 5.41) is 0.913. The third kappa shape index (κ3) is 3.59. The van der Waals surface area contributed by atoms with Gasteiger partial charge in [-0.3, -0.25) is 4.79 Å². The minimum Gasteiger partial charge on any atom is -0.497 e. The maximum absolute atomic E-state index is 13.5. The standard InChI is InChI=1S/C24H26N2O2/c1-16-12-17(2)15-26(14-16)24(27)21-13-23(18-8-10-19(28-3)11-9-18)25-22-7-5-4-6-20(21)22/h4-11,13,16-17H,12,14-15H2,1-3H3/t16-,17-/m0/s1. The maximum Gasteiger partial charge on any atom is 0.254 e. The first-order valence-corrected chi connectivity index (χ1v) is 9.88. The number of ether oxygens (including phenoxy) is 1. The highest BCUT2D eigenvalue weighted by molar-refractivity contribution is 6.07. The number of carbonyl (C=O) groups is 1. The molecule has 2 atom stereocenters. The van der Waals surface area contributed by atoms with Gasteiger partial charge >= 0.3 is 0 Å². The smallest absolute Gasteiger partial charge is 0.254 e. The van der Waals surface area contributed by atoms with Gasteiger partial charge in [0, 0.05) is 24.0 Å². The highest BCUT2D eigenvalue weighted by Gasteiger charge is 2.27. The van der Waals surface area contributed by atoms with Gasteiger partial charge in [-0.25, -0.2) is 4.98 Å². The molecule has 4 nitrogen and oxygen atoms in total. The summed E-state index contributed by atoms with van der Waals surface area (Å²) in [6, 6.07) is 17.6. The zero-order valence-corrected chi connectivity index (χ0v) is 16.7. The fourth-order valence-corrected chi connectivity index (χ4v) is 4.26. The summed E-state index contributed by atoms with van der Waals surface area (Å²) in [6.45, 7) is 6.09. The number of hydrogen-bond donors (Lipinski definition) is 0. The number of nitrogens with zero attached hydrogens (tertiary/aromatic N) is 2. The number of fused-ring (bicyclic) bond motifs is 1. The Bertz CT molecular complexity index is 987. The fraction of sp³-hybridized carbons (Fsp3) is 0.333. The number of pyridine rings is 1. The first kappa shape index (κ1) is 18.5. The van der Waals surface area contributed by atoms with Crippen LogP contribution in [0.15, 0.2) is 54.6 Å². The number of hydrogen-bond acceptors (Lipinski definition) is 3. The van der Waals surface area contributed by atoms with Gasteiger partial charge in [0.1, 0.15) is 5.75 Å². The van der Waals surface area contributed by atoms with Crippen LogP contribution < -0.4 is 4.74 Å².